The van der Waals surface area contributed by atoms with Gasteiger partial charge in [0.2, 0.25) is 0 Å². The second-order valence-corrected chi connectivity index (χ2v) is 6.82. The molecule has 8 nitrogen and oxygen atoms in total. The molecule has 1 N–H and O–H groups in total. The molecule has 3 rings (SSSR count). The zero-order chi connectivity index (χ0) is 19.0. The summed E-state index contributed by atoms with van der Waals surface area (Å²) in [6, 6.07) is 5.07. The number of urea groups is 2. The molecule has 1 aromatic rings. The Labute approximate surface area is 151 Å². The van der Waals surface area contributed by atoms with E-state index in [1.54, 1.807) is 29.2 Å². The average molecular weight is 358 g/mol. The minimum atomic E-state index is -0.679. The maximum atomic E-state index is 12.8. The van der Waals surface area contributed by atoms with Crippen molar-refractivity contribution in [2.75, 3.05) is 24.5 Å². The summed E-state index contributed by atoms with van der Waals surface area (Å²) in [5.74, 6) is -0.438. The molecule has 2 heterocycles. The fourth-order valence-corrected chi connectivity index (χ4v) is 3.20. The van der Waals surface area contributed by atoms with Gasteiger partial charge in [0.1, 0.15) is 6.04 Å². The minimum absolute atomic E-state index is 0.00210. The molecular weight excluding hydrogens is 336 g/mol. The summed E-state index contributed by atoms with van der Waals surface area (Å²) in [7, 11) is 0. The predicted molar refractivity (Wildman–Crippen MR) is 95.1 cm³/mol. The van der Waals surface area contributed by atoms with E-state index in [9.17, 15) is 19.2 Å². The molecule has 0 saturated carbocycles. The van der Waals surface area contributed by atoms with Crippen molar-refractivity contribution in [1.29, 1.82) is 0 Å². The van der Waals surface area contributed by atoms with Crippen LogP contribution in [0.2, 0.25) is 0 Å². The topological polar surface area (TPSA) is 90.0 Å². The molecule has 2 aliphatic rings. The van der Waals surface area contributed by atoms with Gasteiger partial charge in [-0.15, -0.1) is 0 Å². The molecule has 1 atom stereocenters. The van der Waals surface area contributed by atoms with E-state index >= 15 is 0 Å². The second-order valence-electron chi connectivity index (χ2n) is 6.82. The Morgan fingerprint density at radius 2 is 1.77 bits per heavy atom. The van der Waals surface area contributed by atoms with Crippen LogP contribution in [-0.2, 0) is 4.79 Å². The molecule has 0 radical (unpaired) electrons. The SMILES string of the molecule is CC(=O)c1ccc(N2C(=O)C3CN(C(=O)NC(C)C)CCN3C2=O)cc1. The monoisotopic (exact) mass is 358 g/mol. The van der Waals surface area contributed by atoms with Gasteiger partial charge in [-0.05, 0) is 45.0 Å². The van der Waals surface area contributed by atoms with Crippen LogP contribution in [0.3, 0.4) is 0 Å². The Morgan fingerprint density at radius 3 is 2.35 bits per heavy atom. The highest BCUT2D eigenvalue weighted by atomic mass is 16.2. The lowest BCUT2D eigenvalue weighted by Crippen LogP contribution is -2.57. The van der Waals surface area contributed by atoms with E-state index in [1.165, 1.54) is 11.8 Å². The molecule has 2 fully saturated rings. The third kappa shape index (κ3) is 3.14. The number of carbonyl (C=O) groups is 4. The van der Waals surface area contributed by atoms with E-state index in [4.69, 9.17) is 0 Å². The molecule has 8 heteroatoms. The van der Waals surface area contributed by atoms with E-state index in [-0.39, 0.29) is 36.3 Å². The zero-order valence-corrected chi connectivity index (χ0v) is 15.1. The van der Waals surface area contributed by atoms with E-state index in [0.717, 1.165) is 4.90 Å². The number of fused-ring (bicyclic) bond motifs is 1. The molecule has 1 unspecified atom stereocenters. The van der Waals surface area contributed by atoms with E-state index in [0.29, 0.717) is 24.3 Å². The summed E-state index contributed by atoms with van der Waals surface area (Å²) in [6.45, 7) is 6.05. The number of piperazine rings is 1. The van der Waals surface area contributed by atoms with Crippen LogP contribution in [0.15, 0.2) is 24.3 Å². The Morgan fingerprint density at radius 1 is 1.12 bits per heavy atom. The first-order valence-corrected chi connectivity index (χ1v) is 8.60. The maximum Gasteiger partial charge on any atom is 0.332 e. The third-order valence-electron chi connectivity index (χ3n) is 4.55. The second kappa shape index (κ2) is 6.78. The van der Waals surface area contributed by atoms with Crippen LogP contribution in [0.25, 0.3) is 0 Å². The molecule has 0 spiro atoms. The van der Waals surface area contributed by atoms with Crippen LogP contribution in [0.5, 0.6) is 0 Å². The van der Waals surface area contributed by atoms with Crippen LogP contribution in [0.1, 0.15) is 31.1 Å². The van der Waals surface area contributed by atoms with Crippen molar-refractivity contribution in [2.45, 2.75) is 32.9 Å². The lowest BCUT2D eigenvalue weighted by molar-refractivity contribution is -0.120. The van der Waals surface area contributed by atoms with Crippen molar-refractivity contribution < 1.29 is 19.2 Å². The molecule has 138 valence electrons. The van der Waals surface area contributed by atoms with Gasteiger partial charge in [-0.2, -0.15) is 0 Å². The first kappa shape index (κ1) is 17.9. The first-order valence-electron chi connectivity index (χ1n) is 8.60. The van der Waals surface area contributed by atoms with Crippen molar-refractivity contribution in [3.63, 3.8) is 0 Å². The van der Waals surface area contributed by atoms with Crippen LogP contribution < -0.4 is 10.2 Å². The molecule has 26 heavy (non-hydrogen) atoms. The number of anilines is 1. The molecule has 0 aromatic heterocycles. The standard InChI is InChI=1S/C18H22N4O4/c1-11(2)19-17(25)20-8-9-21-15(10-20)16(24)22(18(21)26)14-6-4-13(5-7-14)12(3)23/h4-7,11,15H,8-10H2,1-3H3,(H,19,25). The molecule has 0 bridgehead atoms. The van der Waals surface area contributed by atoms with E-state index in [1.807, 2.05) is 13.8 Å². The van der Waals surface area contributed by atoms with Crippen molar-refractivity contribution in [3.05, 3.63) is 29.8 Å². The molecule has 5 amide bonds. The first-order chi connectivity index (χ1) is 12.3. The number of carbonyl (C=O) groups excluding carboxylic acids is 4. The van der Waals surface area contributed by atoms with Gasteiger partial charge in [-0.25, -0.2) is 14.5 Å². The summed E-state index contributed by atoms with van der Waals surface area (Å²) in [6.07, 6.45) is 0. The third-order valence-corrected chi connectivity index (χ3v) is 4.55. The smallest absolute Gasteiger partial charge is 0.332 e. The highest BCUT2D eigenvalue weighted by molar-refractivity contribution is 6.21. The van der Waals surface area contributed by atoms with Gasteiger partial charge in [0.15, 0.2) is 5.78 Å². The van der Waals surface area contributed by atoms with E-state index < -0.39 is 6.04 Å². The largest absolute Gasteiger partial charge is 0.336 e. The molecule has 2 saturated heterocycles. The lowest BCUT2D eigenvalue weighted by atomic mass is 10.1. The molecule has 0 aliphatic carbocycles. The maximum absolute atomic E-state index is 12.8. The quantitative estimate of drug-likeness (QED) is 0.654. The molecule has 1 aromatic carbocycles. The minimum Gasteiger partial charge on any atom is -0.336 e. The van der Waals surface area contributed by atoms with Gasteiger partial charge >= 0.3 is 12.1 Å². The Balaban J connectivity index is 1.78. The summed E-state index contributed by atoms with van der Waals surface area (Å²) >= 11 is 0. The van der Waals surface area contributed by atoms with Crippen molar-refractivity contribution in [3.8, 4) is 0 Å². The number of amides is 5. The Kier molecular flexibility index (Phi) is 4.67. The number of nitrogens with zero attached hydrogens (tertiary/aromatic N) is 3. The van der Waals surface area contributed by atoms with Crippen molar-refractivity contribution >= 4 is 29.4 Å². The van der Waals surface area contributed by atoms with Gasteiger partial charge in [0.25, 0.3) is 5.91 Å². The van der Waals surface area contributed by atoms with E-state index in [2.05, 4.69) is 5.32 Å². The number of ketones is 1. The molecular formula is C18H22N4O4. The van der Waals surface area contributed by atoms with Gasteiger partial charge < -0.3 is 15.1 Å². The molecule has 2 aliphatic heterocycles. The average Bonchev–Trinajstić information content (AvgIpc) is 2.85. The summed E-state index contributed by atoms with van der Waals surface area (Å²) < 4.78 is 0. The number of rotatable bonds is 3. The highest BCUT2D eigenvalue weighted by Gasteiger charge is 2.49. The predicted octanol–water partition coefficient (Wildman–Crippen LogP) is 1.46. The number of imide groups is 1. The van der Waals surface area contributed by atoms with Crippen LogP contribution in [0, 0.1) is 0 Å². The lowest BCUT2D eigenvalue weighted by Gasteiger charge is -2.35. The van der Waals surface area contributed by atoms with Gasteiger partial charge in [0, 0.05) is 24.7 Å². The van der Waals surface area contributed by atoms with Crippen molar-refractivity contribution in [1.82, 2.24) is 15.1 Å². The Hall–Kier alpha value is -2.90. The number of benzene rings is 1. The van der Waals surface area contributed by atoms with Gasteiger partial charge in [-0.3, -0.25) is 9.59 Å². The summed E-state index contributed by atoms with van der Waals surface area (Å²) in [5.41, 5.74) is 0.944. The number of Topliss-reactive ketones (excluding diaryl/α,β-unsaturated/α-hetero) is 1. The van der Waals surface area contributed by atoms with Crippen LogP contribution in [0.4, 0.5) is 15.3 Å². The van der Waals surface area contributed by atoms with Crippen LogP contribution >= 0.6 is 0 Å². The summed E-state index contributed by atoms with van der Waals surface area (Å²) in [4.78, 5) is 53.2. The van der Waals surface area contributed by atoms with Crippen molar-refractivity contribution in [2.24, 2.45) is 0 Å². The number of nitrogens with one attached hydrogen (secondary N) is 1. The fraction of sp³-hybridized carbons (Fsp3) is 0.444. The van der Waals surface area contributed by atoms with Gasteiger partial charge in [-0.1, -0.05) is 0 Å². The number of hydrogen-bond acceptors (Lipinski definition) is 4. The fourth-order valence-electron chi connectivity index (χ4n) is 3.20. The summed E-state index contributed by atoms with van der Waals surface area (Å²) in [5, 5.41) is 2.80. The normalized spacial score (nSPS) is 19.8. The number of hydrogen-bond donors (Lipinski definition) is 1. The van der Waals surface area contributed by atoms with Crippen LogP contribution in [-0.4, -0.2) is 65.3 Å². The zero-order valence-electron chi connectivity index (χ0n) is 15.1. The van der Waals surface area contributed by atoms with Gasteiger partial charge in [0.05, 0.1) is 12.2 Å². The highest BCUT2D eigenvalue weighted by Crippen LogP contribution is 2.28. The Bertz CT molecular complexity index is 759.